The summed E-state index contributed by atoms with van der Waals surface area (Å²) in [6.07, 6.45) is 2.13. The second-order valence-corrected chi connectivity index (χ2v) is 3.89. The zero-order chi connectivity index (χ0) is 13.8. The molecule has 0 fully saturated rings. The molecule has 1 N–H and O–H groups in total. The van der Waals surface area contributed by atoms with Crippen LogP contribution in [0.2, 0.25) is 0 Å². The fourth-order valence-corrected chi connectivity index (χ4v) is 1.57. The lowest BCUT2D eigenvalue weighted by Crippen LogP contribution is -2.28. The molecule has 1 amide bonds. The lowest BCUT2D eigenvalue weighted by Gasteiger charge is -2.02. The van der Waals surface area contributed by atoms with Gasteiger partial charge in [-0.05, 0) is 19.1 Å². The average molecular weight is 266 g/mol. The van der Waals surface area contributed by atoms with Crippen molar-refractivity contribution >= 4 is 5.91 Å². The summed E-state index contributed by atoms with van der Waals surface area (Å²) in [5.74, 6) is -0.562. The van der Waals surface area contributed by atoms with Crippen LogP contribution in [0.5, 0.6) is 0 Å². The van der Waals surface area contributed by atoms with E-state index >= 15 is 0 Å². The molecule has 0 bridgehead atoms. The van der Waals surface area contributed by atoms with E-state index in [1.54, 1.807) is 31.5 Å². The fraction of sp³-hybridized carbons (Fsp3) is 0.250. The van der Waals surface area contributed by atoms with Gasteiger partial charge in [-0.3, -0.25) is 9.78 Å². The van der Waals surface area contributed by atoms with Gasteiger partial charge in [-0.1, -0.05) is 0 Å². The Morgan fingerprint density at radius 3 is 2.95 bits per heavy atom. The minimum Gasteiger partial charge on any atom is -0.346 e. The molecule has 0 aromatic carbocycles. The number of hydrogen-bond donors (Lipinski definition) is 1. The molecule has 2 heterocycles. The Morgan fingerprint density at radius 1 is 1.53 bits per heavy atom. The quantitative estimate of drug-likeness (QED) is 0.913. The largest absolute Gasteiger partial charge is 0.346 e. The second kappa shape index (κ2) is 5.55. The number of amides is 1. The third-order valence-electron chi connectivity index (χ3n) is 2.47. The molecule has 5 nitrogen and oxygen atoms in total. The highest BCUT2D eigenvalue weighted by atomic mass is 19.3. The van der Waals surface area contributed by atoms with Crippen molar-refractivity contribution in [1.82, 2.24) is 20.1 Å². The number of nitrogens with zero attached hydrogens (tertiary/aromatic N) is 3. The van der Waals surface area contributed by atoms with E-state index in [0.29, 0.717) is 11.4 Å². The van der Waals surface area contributed by atoms with Crippen LogP contribution in [0, 0.1) is 6.92 Å². The highest BCUT2D eigenvalue weighted by molar-refractivity contribution is 5.95. The van der Waals surface area contributed by atoms with Crippen molar-refractivity contribution in [3.8, 4) is 5.69 Å². The van der Waals surface area contributed by atoms with Crippen molar-refractivity contribution in [2.75, 3.05) is 6.54 Å². The topological polar surface area (TPSA) is 59.8 Å². The van der Waals surface area contributed by atoms with Crippen molar-refractivity contribution in [3.05, 3.63) is 42.0 Å². The first-order valence-corrected chi connectivity index (χ1v) is 5.61. The summed E-state index contributed by atoms with van der Waals surface area (Å²) in [5.41, 5.74) is 1.43. The van der Waals surface area contributed by atoms with Gasteiger partial charge in [-0.25, -0.2) is 13.5 Å². The minimum atomic E-state index is -2.57. The molecule has 100 valence electrons. The number of rotatable bonds is 4. The molecule has 0 saturated heterocycles. The maximum atomic E-state index is 12.0. The van der Waals surface area contributed by atoms with Crippen LogP contribution in [0.15, 0.2) is 30.7 Å². The highest BCUT2D eigenvalue weighted by Crippen LogP contribution is 2.10. The predicted octanol–water partition coefficient (Wildman–Crippen LogP) is 1.57. The number of aromatic nitrogens is 3. The number of halogens is 2. The molecule has 0 spiro atoms. The van der Waals surface area contributed by atoms with E-state index in [0.717, 1.165) is 0 Å². The number of hydrogen-bond acceptors (Lipinski definition) is 3. The Morgan fingerprint density at radius 2 is 2.32 bits per heavy atom. The van der Waals surface area contributed by atoms with Crippen molar-refractivity contribution in [2.45, 2.75) is 13.3 Å². The molecule has 0 unspecified atom stereocenters. The monoisotopic (exact) mass is 266 g/mol. The molecule has 0 aliphatic heterocycles. The second-order valence-electron chi connectivity index (χ2n) is 3.89. The van der Waals surface area contributed by atoms with Gasteiger partial charge in [0, 0.05) is 12.4 Å². The van der Waals surface area contributed by atoms with Crippen molar-refractivity contribution in [3.63, 3.8) is 0 Å². The van der Waals surface area contributed by atoms with Gasteiger partial charge in [0.25, 0.3) is 12.3 Å². The smallest absolute Gasteiger partial charge is 0.255 e. The molecule has 0 saturated carbocycles. The van der Waals surface area contributed by atoms with Crippen LogP contribution < -0.4 is 5.32 Å². The molecule has 0 aliphatic rings. The van der Waals surface area contributed by atoms with Crippen molar-refractivity contribution < 1.29 is 13.6 Å². The molecule has 19 heavy (non-hydrogen) atoms. The van der Waals surface area contributed by atoms with Crippen LogP contribution in [0.25, 0.3) is 5.69 Å². The molecule has 7 heteroatoms. The summed E-state index contributed by atoms with van der Waals surface area (Å²) in [5, 5.41) is 6.30. The van der Waals surface area contributed by atoms with Crippen LogP contribution in [0.4, 0.5) is 8.78 Å². The number of aryl methyl sites for hydroxylation is 1. The van der Waals surface area contributed by atoms with Gasteiger partial charge in [-0.15, -0.1) is 0 Å². The Kier molecular flexibility index (Phi) is 3.84. The Bertz CT molecular complexity index is 568. The van der Waals surface area contributed by atoms with Gasteiger partial charge in [0.05, 0.1) is 29.7 Å². The third-order valence-corrected chi connectivity index (χ3v) is 2.47. The minimum absolute atomic E-state index is 0.268. The van der Waals surface area contributed by atoms with E-state index in [1.165, 1.54) is 10.9 Å². The maximum absolute atomic E-state index is 12.0. The first kappa shape index (κ1) is 13.1. The lowest BCUT2D eigenvalue weighted by molar-refractivity contribution is 0.0891. The van der Waals surface area contributed by atoms with Crippen LogP contribution in [-0.2, 0) is 0 Å². The average Bonchev–Trinajstić information content (AvgIpc) is 2.79. The molecule has 0 radical (unpaired) electrons. The molecule has 0 atom stereocenters. The summed E-state index contributed by atoms with van der Waals surface area (Å²) in [6.45, 7) is 0.973. The molecule has 0 aliphatic carbocycles. The van der Waals surface area contributed by atoms with E-state index in [1.807, 2.05) is 0 Å². The number of alkyl halides is 2. The van der Waals surface area contributed by atoms with Gasteiger partial charge in [0.2, 0.25) is 0 Å². The van der Waals surface area contributed by atoms with Gasteiger partial charge < -0.3 is 5.32 Å². The van der Waals surface area contributed by atoms with E-state index in [9.17, 15) is 13.6 Å². The van der Waals surface area contributed by atoms with E-state index < -0.39 is 18.9 Å². The van der Waals surface area contributed by atoms with Crippen molar-refractivity contribution in [2.24, 2.45) is 0 Å². The Balaban J connectivity index is 2.20. The predicted molar refractivity (Wildman–Crippen MR) is 64.4 cm³/mol. The molecular formula is C12H12F2N4O. The lowest BCUT2D eigenvalue weighted by atomic mass is 10.2. The molecule has 2 aromatic rings. The first-order chi connectivity index (χ1) is 9.08. The van der Waals surface area contributed by atoms with Crippen molar-refractivity contribution in [1.29, 1.82) is 0 Å². The number of carbonyl (C=O) groups excluding carboxylic acids is 1. The highest BCUT2D eigenvalue weighted by Gasteiger charge is 2.15. The van der Waals surface area contributed by atoms with Crippen LogP contribution in [-0.4, -0.2) is 33.6 Å². The van der Waals surface area contributed by atoms with Crippen LogP contribution >= 0.6 is 0 Å². The summed E-state index contributed by atoms with van der Waals surface area (Å²) >= 11 is 0. The number of nitrogens with one attached hydrogen (secondary N) is 1. The fourth-order valence-electron chi connectivity index (χ4n) is 1.57. The SMILES string of the molecule is Cc1nn(-c2cccnc2)cc1C(=O)NCC(F)F. The third kappa shape index (κ3) is 3.12. The molecular weight excluding hydrogens is 254 g/mol. The van der Waals surface area contributed by atoms with Gasteiger partial charge in [0.1, 0.15) is 0 Å². The van der Waals surface area contributed by atoms with Crippen LogP contribution in [0.3, 0.4) is 0 Å². The standard InChI is InChI=1S/C12H12F2N4O/c1-8-10(12(19)16-6-11(13)14)7-18(17-8)9-3-2-4-15-5-9/h2-5,7,11H,6H2,1H3,(H,16,19). The number of pyridine rings is 1. The summed E-state index contributed by atoms with van der Waals surface area (Å²) in [6, 6.07) is 3.52. The van der Waals surface area contributed by atoms with Crippen LogP contribution in [0.1, 0.15) is 16.1 Å². The summed E-state index contributed by atoms with van der Waals surface area (Å²) < 4.78 is 25.6. The van der Waals surface area contributed by atoms with Gasteiger partial charge in [0.15, 0.2) is 0 Å². The Hall–Kier alpha value is -2.31. The van der Waals surface area contributed by atoms with E-state index in [4.69, 9.17) is 0 Å². The normalized spacial score (nSPS) is 10.7. The van der Waals surface area contributed by atoms with Gasteiger partial charge >= 0.3 is 0 Å². The molecule has 2 rings (SSSR count). The van der Waals surface area contributed by atoms with Gasteiger partial charge in [-0.2, -0.15) is 5.10 Å². The summed E-state index contributed by atoms with van der Waals surface area (Å²) in [4.78, 5) is 15.6. The maximum Gasteiger partial charge on any atom is 0.255 e. The zero-order valence-electron chi connectivity index (χ0n) is 10.2. The molecule has 2 aromatic heterocycles. The summed E-state index contributed by atoms with van der Waals surface area (Å²) in [7, 11) is 0. The zero-order valence-corrected chi connectivity index (χ0v) is 10.2. The van der Waals surface area contributed by atoms with E-state index in [-0.39, 0.29) is 5.56 Å². The van der Waals surface area contributed by atoms with E-state index in [2.05, 4.69) is 15.4 Å². The number of carbonyl (C=O) groups is 1. The Labute approximate surface area is 108 Å². The first-order valence-electron chi connectivity index (χ1n) is 5.61.